The summed E-state index contributed by atoms with van der Waals surface area (Å²) in [4.78, 5) is 4.52. The molecule has 3 rings (SSSR count). The highest BCUT2D eigenvalue weighted by Crippen LogP contribution is 2.27. The van der Waals surface area contributed by atoms with Crippen LogP contribution < -0.4 is 10.6 Å². The number of pyridine rings is 1. The van der Waals surface area contributed by atoms with E-state index in [1.165, 1.54) is 23.9 Å². The molecule has 108 valence electrons. The molecule has 0 radical (unpaired) electrons. The minimum Gasteiger partial charge on any atom is -0.382 e. The highest BCUT2D eigenvalue weighted by molar-refractivity contribution is 5.91. The summed E-state index contributed by atoms with van der Waals surface area (Å²) in [5.74, 6) is 0. The first-order chi connectivity index (χ1) is 9.83. The summed E-state index contributed by atoms with van der Waals surface area (Å²) in [5.41, 5.74) is 3.34. The molecule has 0 bridgehead atoms. The minimum atomic E-state index is 0.552. The Kier molecular flexibility index (Phi) is 3.87. The first-order valence-corrected chi connectivity index (χ1v) is 7.65. The van der Waals surface area contributed by atoms with E-state index in [1.807, 2.05) is 10.9 Å². The van der Waals surface area contributed by atoms with E-state index in [4.69, 9.17) is 0 Å². The fourth-order valence-corrected chi connectivity index (χ4v) is 2.95. The van der Waals surface area contributed by atoms with Gasteiger partial charge in [-0.2, -0.15) is 5.10 Å². The van der Waals surface area contributed by atoms with E-state index in [-0.39, 0.29) is 0 Å². The summed E-state index contributed by atoms with van der Waals surface area (Å²) in [6.45, 7) is 7.32. The van der Waals surface area contributed by atoms with Crippen LogP contribution in [0.5, 0.6) is 0 Å². The highest BCUT2D eigenvalue weighted by Gasteiger charge is 2.17. The number of anilines is 1. The predicted octanol–water partition coefficient (Wildman–Crippen LogP) is 2.18. The van der Waals surface area contributed by atoms with Gasteiger partial charge in [-0.3, -0.25) is 0 Å². The molecule has 0 unspecified atom stereocenters. The van der Waals surface area contributed by atoms with Gasteiger partial charge in [-0.25, -0.2) is 9.67 Å². The van der Waals surface area contributed by atoms with E-state index in [9.17, 15) is 0 Å². The van der Waals surface area contributed by atoms with Gasteiger partial charge < -0.3 is 10.6 Å². The molecule has 1 saturated heterocycles. The van der Waals surface area contributed by atoms with Crippen LogP contribution in [0, 0.1) is 0 Å². The molecule has 0 saturated carbocycles. The SMILES string of the molecule is CCc1nn(CC)c2nccc(NC3CCNCC3)c12. The normalized spacial score (nSPS) is 16.7. The average Bonchev–Trinajstić information content (AvgIpc) is 2.87. The summed E-state index contributed by atoms with van der Waals surface area (Å²) in [6.07, 6.45) is 5.18. The van der Waals surface area contributed by atoms with Crippen molar-refractivity contribution in [3.8, 4) is 0 Å². The van der Waals surface area contributed by atoms with Crippen LogP contribution in [0.15, 0.2) is 12.3 Å². The Balaban J connectivity index is 1.99. The zero-order valence-corrected chi connectivity index (χ0v) is 12.3. The topological polar surface area (TPSA) is 54.8 Å². The molecule has 1 fully saturated rings. The minimum absolute atomic E-state index is 0.552. The maximum absolute atomic E-state index is 4.68. The molecule has 0 atom stereocenters. The van der Waals surface area contributed by atoms with Crippen LogP contribution in [-0.2, 0) is 13.0 Å². The van der Waals surface area contributed by atoms with Gasteiger partial charge in [0, 0.05) is 24.5 Å². The summed E-state index contributed by atoms with van der Waals surface area (Å²) in [6, 6.07) is 2.64. The van der Waals surface area contributed by atoms with Gasteiger partial charge in [0.15, 0.2) is 5.65 Å². The molecule has 2 N–H and O–H groups in total. The Morgan fingerprint density at radius 2 is 2.15 bits per heavy atom. The van der Waals surface area contributed by atoms with Gasteiger partial charge in [0.1, 0.15) is 0 Å². The Morgan fingerprint density at radius 1 is 1.35 bits per heavy atom. The number of piperidine rings is 1. The summed E-state index contributed by atoms with van der Waals surface area (Å²) in [7, 11) is 0. The zero-order chi connectivity index (χ0) is 13.9. The lowest BCUT2D eigenvalue weighted by molar-refractivity contribution is 0.479. The quantitative estimate of drug-likeness (QED) is 0.896. The molecule has 5 nitrogen and oxygen atoms in total. The predicted molar refractivity (Wildman–Crippen MR) is 82.1 cm³/mol. The largest absolute Gasteiger partial charge is 0.382 e. The Bertz CT molecular complexity index is 583. The van der Waals surface area contributed by atoms with Crippen LogP contribution in [0.2, 0.25) is 0 Å². The average molecular weight is 273 g/mol. The molecular formula is C15H23N5. The van der Waals surface area contributed by atoms with Gasteiger partial charge in [0.2, 0.25) is 0 Å². The lowest BCUT2D eigenvalue weighted by Gasteiger charge is -2.25. The van der Waals surface area contributed by atoms with Crippen LogP contribution in [0.3, 0.4) is 0 Å². The Labute approximate surface area is 119 Å². The first-order valence-electron chi connectivity index (χ1n) is 7.65. The van der Waals surface area contributed by atoms with Crippen molar-refractivity contribution in [1.29, 1.82) is 0 Å². The molecular weight excluding hydrogens is 250 g/mol. The standard InChI is InChI=1S/C15H23N5/c1-3-12-14-13(18-11-5-8-16-9-6-11)7-10-17-15(14)20(4-2)19-12/h7,10-11,16H,3-6,8-9H2,1-2H3,(H,17,18). The molecule has 0 aromatic carbocycles. The number of hydrogen-bond donors (Lipinski definition) is 2. The van der Waals surface area contributed by atoms with Gasteiger partial charge in [0.05, 0.1) is 11.1 Å². The van der Waals surface area contributed by atoms with Gasteiger partial charge in [-0.1, -0.05) is 6.92 Å². The Hall–Kier alpha value is -1.62. The second kappa shape index (κ2) is 5.79. The van der Waals surface area contributed by atoms with Crippen molar-refractivity contribution in [1.82, 2.24) is 20.1 Å². The molecule has 0 spiro atoms. The number of hydrogen-bond acceptors (Lipinski definition) is 4. The van der Waals surface area contributed by atoms with Gasteiger partial charge in [0.25, 0.3) is 0 Å². The molecule has 2 aromatic rings. The number of nitrogens with zero attached hydrogens (tertiary/aromatic N) is 3. The molecule has 0 amide bonds. The fraction of sp³-hybridized carbons (Fsp3) is 0.600. The monoisotopic (exact) mass is 273 g/mol. The first kappa shape index (κ1) is 13.4. The molecule has 20 heavy (non-hydrogen) atoms. The molecule has 1 aliphatic rings. The fourth-order valence-electron chi connectivity index (χ4n) is 2.95. The third kappa shape index (κ3) is 2.38. The van der Waals surface area contributed by atoms with E-state index in [1.54, 1.807) is 0 Å². The summed E-state index contributed by atoms with van der Waals surface area (Å²) >= 11 is 0. The van der Waals surface area contributed by atoms with E-state index < -0.39 is 0 Å². The van der Waals surface area contributed by atoms with Crippen molar-refractivity contribution in [2.45, 2.75) is 45.7 Å². The highest BCUT2D eigenvalue weighted by atomic mass is 15.3. The number of aromatic nitrogens is 3. The second-order valence-electron chi connectivity index (χ2n) is 5.34. The van der Waals surface area contributed by atoms with E-state index in [2.05, 4.69) is 40.6 Å². The number of fused-ring (bicyclic) bond motifs is 1. The number of aryl methyl sites for hydroxylation is 2. The van der Waals surface area contributed by atoms with Crippen molar-refractivity contribution < 1.29 is 0 Å². The smallest absolute Gasteiger partial charge is 0.160 e. The van der Waals surface area contributed by atoms with Crippen molar-refractivity contribution in [3.63, 3.8) is 0 Å². The van der Waals surface area contributed by atoms with E-state index in [0.29, 0.717) is 6.04 Å². The van der Waals surface area contributed by atoms with Crippen molar-refractivity contribution in [2.75, 3.05) is 18.4 Å². The third-order valence-electron chi connectivity index (χ3n) is 4.04. The van der Waals surface area contributed by atoms with Crippen LogP contribution in [-0.4, -0.2) is 33.9 Å². The van der Waals surface area contributed by atoms with Crippen LogP contribution in [0.25, 0.3) is 11.0 Å². The van der Waals surface area contributed by atoms with Gasteiger partial charge in [-0.15, -0.1) is 0 Å². The van der Waals surface area contributed by atoms with E-state index in [0.717, 1.165) is 37.4 Å². The van der Waals surface area contributed by atoms with Gasteiger partial charge in [-0.05, 0) is 45.3 Å². The van der Waals surface area contributed by atoms with Crippen molar-refractivity contribution in [3.05, 3.63) is 18.0 Å². The molecule has 0 aliphatic carbocycles. The van der Waals surface area contributed by atoms with Crippen LogP contribution in [0.4, 0.5) is 5.69 Å². The molecule has 2 aromatic heterocycles. The maximum Gasteiger partial charge on any atom is 0.160 e. The zero-order valence-electron chi connectivity index (χ0n) is 12.3. The van der Waals surface area contributed by atoms with Crippen LogP contribution >= 0.6 is 0 Å². The summed E-state index contributed by atoms with van der Waals surface area (Å²) < 4.78 is 2.00. The van der Waals surface area contributed by atoms with Crippen molar-refractivity contribution in [2.24, 2.45) is 0 Å². The lowest BCUT2D eigenvalue weighted by atomic mass is 10.1. The molecule has 3 heterocycles. The van der Waals surface area contributed by atoms with Crippen LogP contribution in [0.1, 0.15) is 32.4 Å². The summed E-state index contributed by atoms with van der Waals surface area (Å²) in [5, 5.41) is 13.0. The van der Waals surface area contributed by atoms with Gasteiger partial charge >= 0.3 is 0 Å². The maximum atomic E-state index is 4.68. The second-order valence-corrected chi connectivity index (χ2v) is 5.34. The molecule has 1 aliphatic heterocycles. The number of rotatable bonds is 4. The third-order valence-corrected chi connectivity index (χ3v) is 4.04. The Morgan fingerprint density at radius 3 is 2.85 bits per heavy atom. The van der Waals surface area contributed by atoms with Crippen molar-refractivity contribution >= 4 is 16.7 Å². The number of nitrogens with one attached hydrogen (secondary N) is 2. The van der Waals surface area contributed by atoms with E-state index >= 15 is 0 Å². The lowest BCUT2D eigenvalue weighted by Crippen LogP contribution is -2.35. The molecule has 5 heteroatoms.